The van der Waals surface area contributed by atoms with Crippen LogP contribution in [0.15, 0.2) is 66.7 Å². The second-order valence-corrected chi connectivity index (χ2v) is 11.6. The first-order valence-electron chi connectivity index (χ1n) is 12.8. The Morgan fingerprint density at radius 3 is 2.62 bits per heavy atom. The lowest BCUT2D eigenvalue weighted by atomic mass is 9.38. The molecule has 4 saturated carbocycles. The molecule has 34 heavy (non-hydrogen) atoms. The third kappa shape index (κ3) is 2.45. The van der Waals surface area contributed by atoms with E-state index in [4.69, 9.17) is 9.47 Å². The first-order valence-corrected chi connectivity index (χ1v) is 12.8. The van der Waals surface area contributed by atoms with Crippen LogP contribution in [0.25, 0.3) is 16.8 Å². The van der Waals surface area contributed by atoms with E-state index in [1.807, 2.05) is 24.3 Å². The van der Waals surface area contributed by atoms with E-state index in [1.165, 1.54) is 24.8 Å². The van der Waals surface area contributed by atoms with Crippen LogP contribution in [0.5, 0.6) is 11.5 Å². The molecule has 0 saturated heterocycles. The molecule has 3 aromatic carbocycles. The van der Waals surface area contributed by atoms with Gasteiger partial charge in [0.05, 0.1) is 0 Å². The monoisotopic (exact) mass is 448 g/mol. The van der Waals surface area contributed by atoms with Crippen LogP contribution in [0, 0.1) is 23.2 Å². The summed E-state index contributed by atoms with van der Waals surface area (Å²) in [6.07, 6.45) is 10.9. The van der Waals surface area contributed by atoms with E-state index in [0.29, 0.717) is 29.9 Å². The van der Waals surface area contributed by atoms with Gasteiger partial charge in [-0.2, -0.15) is 0 Å². The fourth-order valence-electron chi connectivity index (χ4n) is 8.94. The minimum Gasteiger partial charge on any atom is -0.484 e. The summed E-state index contributed by atoms with van der Waals surface area (Å²) in [6, 6.07) is 21.3. The number of rotatable bonds is 1. The summed E-state index contributed by atoms with van der Waals surface area (Å²) in [5, 5.41) is 2.00. The molecule has 0 amide bonds. The van der Waals surface area contributed by atoms with Gasteiger partial charge in [0.2, 0.25) is 0 Å². The van der Waals surface area contributed by atoms with Crippen molar-refractivity contribution in [2.24, 2.45) is 23.2 Å². The van der Waals surface area contributed by atoms with Gasteiger partial charge in [-0.15, -0.1) is 0 Å². The van der Waals surface area contributed by atoms with E-state index >= 15 is 0 Å². The standard InChI is InChI=1S/C31H28O3/c32-28-14-25-21-12-19-15-30(17-21,22-6-2-1-3-7-22)18-31(25,16-19)27-11-10-20-13-26(33-28)23-8-4-5-9-24(23)29(20)34-27/h1-11,13,19,21,25,27H,12,14-18H2. The molecule has 8 aliphatic rings. The van der Waals surface area contributed by atoms with Gasteiger partial charge in [0.25, 0.3) is 0 Å². The molecule has 1 spiro atoms. The van der Waals surface area contributed by atoms with Crippen molar-refractivity contribution in [2.45, 2.75) is 50.0 Å². The molecule has 11 rings (SSSR count). The Labute approximate surface area is 199 Å². The highest BCUT2D eigenvalue weighted by Gasteiger charge is 2.66. The summed E-state index contributed by atoms with van der Waals surface area (Å²) in [5.41, 5.74) is 2.64. The minimum absolute atomic E-state index is 0.0147. The number of carbonyl (C=O) groups is 1. The van der Waals surface area contributed by atoms with Crippen molar-refractivity contribution in [3.8, 4) is 11.5 Å². The Balaban J connectivity index is 1.34. The van der Waals surface area contributed by atoms with Crippen molar-refractivity contribution in [1.82, 2.24) is 0 Å². The van der Waals surface area contributed by atoms with Gasteiger partial charge < -0.3 is 9.47 Å². The Hall–Kier alpha value is -3.07. The van der Waals surface area contributed by atoms with Crippen LogP contribution >= 0.6 is 0 Å². The maximum absolute atomic E-state index is 13.4. The Bertz CT molecular complexity index is 1370. The molecule has 6 unspecified atom stereocenters. The zero-order valence-electron chi connectivity index (χ0n) is 19.2. The minimum atomic E-state index is -0.0861. The molecule has 6 atom stereocenters. The molecule has 3 aromatic rings. The van der Waals surface area contributed by atoms with Crippen LogP contribution in [0.1, 0.15) is 49.7 Å². The normalized spacial score (nSPS) is 36.8. The molecule has 0 radical (unpaired) electrons. The van der Waals surface area contributed by atoms with E-state index in [2.05, 4.69) is 48.6 Å². The highest BCUT2D eigenvalue weighted by Crippen LogP contribution is 2.70. The summed E-state index contributed by atoms with van der Waals surface area (Å²) in [6.45, 7) is 0. The summed E-state index contributed by atoms with van der Waals surface area (Å²) in [5.74, 6) is 3.06. The van der Waals surface area contributed by atoms with E-state index in [0.717, 1.165) is 34.9 Å². The predicted molar refractivity (Wildman–Crippen MR) is 132 cm³/mol. The van der Waals surface area contributed by atoms with Gasteiger partial charge in [-0.3, -0.25) is 4.79 Å². The molecule has 0 aromatic heterocycles. The summed E-state index contributed by atoms with van der Waals surface area (Å²) >= 11 is 0. The lowest BCUT2D eigenvalue weighted by Gasteiger charge is -2.67. The predicted octanol–water partition coefficient (Wildman–Crippen LogP) is 6.69. The molecule has 4 aliphatic carbocycles. The first kappa shape index (κ1) is 19.3. The molecule has 170 valence electrons. The zero-order chi connectivity index (χ0) is 22.5. The molecular weight excluding hydrogens is 420 g/mol. The van der Waals surface area contributed by atoms with Crippen molar-refractivity contribution in [1.29, 1.82) is 0 Å². The van der Waals surface area contributed by atoms with Gasteiger partial charge in [-0.1, -0.05) is 60.7 Å². The highest BCUT2D eigenvalue weighted by molar-refractivity contribution is 5.98. The van der Waals surface area contributed by atoms with Gasteiger partial charge >= 0.3 is 5.97 Å². The fraction of sp³-hybridized carbons (Fsp3) is 0.387. The number of esters is 1. The van der Waals surface area contributed by atoms with Gasteiger partial charge in [0, 0.05) is 28.2 Å². The Morgan fingerprint density at radius 2 is 1.74 bits per heavy atom. The van der Waals surface area contributed by atoms with Gasteiger partial charge in [-0.05, 0) is 73.0 Å². The third-order valence-corrected chi connectivity index (χ3v) is 9.86. The molecule has 4 heterocycles. The summed E-state index contributed by atoms with van der Waals surface area (Å²) in [7, 11) is 0. The summed E-state index contributed by atoms with van der Waals surface area (Å²) < 4.78 is 13.1. The lowest BCUT2D eigenvalue weighted by molar-refractivity contribution is -0.170. The maximum atomic E-state index is 13.4. The summed E-state index contributed by atoms with van der Waals surface area (Å²) in [4.78, 5) is 13.4. The molecular formula is C31H28O3. The molecule has 4 aliphatic heterocycles. The Kier molecular flexibility index (Phi) is 3.70. The van der Waals surface area contributed by atoms with Crippen molar-refractivity contribution >= 4 is 22.8 Å². The van der Waals surface area contributed by atoms with Gasteiger partial charge in [-0.25, -0.2) is 0 Å². The fourth-order valence-corrected chi connectivity index (χ4v) is 8.94. The maximum Gasteiger partial charge on any atom is 0.311 e. The quantitative estimate of drug-likeness (QED) is 0.307. The van der Waals surface area contributed by atoms with Gasteiger partial charge in [0.15, 0.2) is 0 Å². The molecule has 8 bridgehead atoms. The molecule has 3 nitrogen and oxygen atoms in total. The number of hydrogen-bond acceptors (Lipinski definition) is 3. The third-order valence-electron chi connectivity index (χ3n) is 9.86. The van der Waals surface area contributed by atoms with E-state index in [-0.39, 0.29) is 22.9 Å². The number of carbonyl (C=O) groups excluding carboxylic acids is 1. The van der Waals surface area contributed by atoms with Crippen LogP contribution in [0.2, 0.25) is 0 Å². The van der Waals surface area contributed by atoms with Crippen LogP contribution in [-0.4, -0.2) is 12.1 Å². The van der Waals surface area contributed by atoms with Crippen molar-refractivity contribution in [3.63, 3.8) is 0 Å². The van der Waals surface area contributed by atoms with E-state index in [1.54, 1.807) is 0 Å². The zero-order valence-corrected chi connectivity index (χ0v) is 19.2. The van der Waals surface area contributed by atoms with E-state index in [9.17, 15) is 4.79 Å². The van der Waals surface area contributed by atoms with Crippen LogP contribution < -0.4 is 9.47 Å². The van der Waals surface area contributed by atoms with Crippen molar-refractivity contribution in [3.05, 3.63) is 77.9 Å². The van der Waals surface area contributed by atoms with Crippen molar-refractivity contribution in [2.75, 3.05) is 0 Å². The second kappa shape index (κ2) is 6.53. The topological polar surface area (TPSA) is 35.5 Å². The number of benzene rings is 3. The first-order chi connectivity index (χ1) is 16.6. The average molecular weight is 449 g/mol. The second-order valence-electron chi connectivity index (χ2n) is 11.6. The molecule has 4 fully saturated rings. The molecule has 0 N–H and O–H groups in total. The van der Waals surface area contributed by atoms with Crippen LogP contribution in [-0.2, 0) is 10.2 Å². The largest absolute Gasteiger partial charge is 0.484 e. The average Bonchev–Trinajstić information content (AvgIpc) is 2.90. The van der Waals surface area contributed by atoms with Crippen LogP contribution in [0.4, 0.5) is 0 Å². The van der Waals surface area contributed by atoms with Crippen molar-refractivity contribution < 1.29 is 14.3 Å². The highest BCUT2D eigenvalue weighted by atomic mass is 16.5. The van der Waals surface area contributed by atoms with E-state index < -0.39 is 0 Å². The Morgan fingerprint density at radius 1 is 0.912 bits per heavy atom. The number of hydrogen-bond donors (Lipinski definition) is 0. The lowest BCUT2D eigenvalue weighted by Crippen LogP contribution is -2.63. The molecule has 3 heteroatoms. The SMILES string of the molecule is O=C1CC2C3CC4CC(c5ccccc5)(C3)CC2(C4)C2C=Cc3cc(c4ccccc4c3O2)O1. The smallest absolute Gasteiger partial charge is 0.311 e. The van der Waals surface area contributed by atoms with Crippen LogP contribution in [0.3, 0.4) is 0 Å². The number of ether oxygens (including phenoxy) is 2. The van der Waals surface area contributed by atoms with Gasteiger partial charge in [0.1, 0.15) is 17.6 Å².